The minimum Gasteiger partial charge on any atom is -0.492 e. The van der Waals surface area contributed by atoms with Gasteiger partial charge in [0.25, 0.3) is 10.0 Å². The Hall–Kier alpha value is -3.08. The highest BCUT2D eigenvalue weighted by atomic mass is 35.5. The van der Waals surface area contributed by atoms with Crippen LogP contribution < -0.4 is 14.4 Å². The van der Waals surface area contributed by atoms with Gasteiger partial charge in [-0.05, 0) is 67.4 Å². The molecule has 0 radical (unpaired) electrons. The van der Waals surface area contributed by atoms with Crippen molar-refractivity contribution in [1.29, 1.82) is 0 Å². The summed E-state index contributed by atoms with van der Waals surface area (Å²) in [6, 6.07) is 18.1. The maximum absolute atomic E-state index is 13.7. The fourth-order valence-corrected chi connectivity index (χ4v) is 5.90. The lowest BCUT2D eigenvalue weighted by atomic mass is 10.0. The summed E-state index contributed by atoms with van der Waals surface area (Å²) in [5, 5.41) is 3.25. The van der Waals surface area contributed by atoms with Crippen LogP contribution in [0.1, 0.15) is 31.9 Å². The van der Waals surface area contributed by atoms with Crippen molar-refractivity contribution in [2.75, 3.05) is 23.7 Å². The van der Waals surface area contributed by atoms with Gasteiger partial charge < -0.3 is 10.1 Å². The molecule has 0 aromatic heterocycles. The summed E-state index contributed by atoms with van der Waals surface area (Å²) in [7, 11) is -7.53. The number of ether oxygens (including phenoxy) is 1. The molecular formula is C26H29ClN2O6S2. The van der Waals surface area contributed by atoms with E-state index in [0.29, 0.717) is 29.4 Å². The summed E-state index contributed by atoms with van der Waals surface area (Å²) in [6.07, 6.45) is 1.63. The van der Waals surface area contributed by atoms with Gasteiger partial charge in [-0.1, -0.05) is 42.8 Å². The van der Waals surface area contributed by atoms with E-state index in [-0.39, 0.29) is 15.5 Å². The second kappa shape index (κ2) is 12.0. The summed E-state index contributed by atoms with van der Waals surface area (Å²) in [4.78, 5) is 13.4. The van der Waals surface area contributed by atoms with Crippen molar-refractivity contribution >= 4 is 43.1 Å². The van der Waals surface area contributed by atoms with Crippen molar-refractivity contribution in [3.8, 4) is 5.75 Å². The third kappa shape index (κ3) is 7.03. The first-order valence-electron chi connectivity index (χ1n) is 11.6. The third-order valence-electron chi connectivity index (χ3n) is 5.58. The standard InChI is InChI=1S/C26H29ClN2O6S2/c1-4-23(19-10-14-21(15-11-19)36(3,31)32)28-26(30)18-29(24-8-6-7-9-25(24)35-5-2)37(33,34)22-16-12-20(27)13-17-22/h6-17,23H,4-5,18H2,1-3H3,(H,28,30). The molecule has 1 amide bonds. The number of hydrogen-bond donors (Lipinski definition) is 1. The van der Waals surface area contributed by atoms with Gasteiger partial charge in [0.05, 0.1) is 28.1 Å². The van der Waals surface area contributed by atoms with E-state index in [0.717, 1.165) is 10.6 Å². The van der Waals surface area contributed by atoms with Crippen molar-refractivity contribution in [3.63, 3.8) is 0 Å². The molecular weight excluding hydrogens is 536 g/mol. The molecule has 0 bridgehead atoms. The number of sulfonamides is 1. The van der Waals surface area contributed by atoms with Crippen molar-refractivity contribution in [2.45, 2.75) is 36.1 Å². The van der Waals surface area contributed by atoms with Crippen molar-refractivity contribution in [3.05, 3.63) is 83.4 Å². The first kappa shape index (κ1) is 28.5. The minimum absolute atomic E-state index is 0.0283. The second-order valence-electron chi connectivity index (χ2n) is 8.24. The van der Waals surface area contributed by atoms with Gasteiger partial charge in [-0.3, -0.25) is 9.10 Å². The monoisotopic (exact) mass is 564 g/mol. The molecule has 1 N–H and O–H groups in total. The predicted octanol–water partition coefficient (Wildman–Crippen LogP) is 4.61. The Balaban J connectivity index is 1.94. The molecule has 0 heterocycles. The molecule has 0 aliphatic rings. The fraction of sp³-hybridized carbons (Fsp3) is 0.269. The van der Waals surface area contributed by atoms with Crippen molar-refractivity contribution in [2.24, 2.45) is 0 Å². The highest BCUT2D eigenvalue weighted by Gasteiger charge is 2.30. The summed E-state index contributed by atoms with van der Waals surface area (Å²) in [6.45, 7) is 3.44. The molecule has 0 aliphatic heterocycles. The quantitative estimate of drug-likeness (QED) is 0.364. The van der Waals surface area contributed by atoms with Gasteiger partial charge in [-0.15, -0.1) is 0 Å². The normalized spacial score (nSPS) is 12.5. The van der Waals surface area contributed by atoms with E-state index < -0.39 is 38.4 Å². The van der Waals surface area contributed by atoms with Gasteiger partial charge in [0, 0.05) is 11.3 Å². The molecule has 11 heteroatoms. The first-order chi connectivity index (χ1) is 17.5. The fourth-order valence-electron chi connectivity index (χ4n) is 3.71. The van der Waals surface area contributed by atoms with E-state index in [1.165, 1.54) is 36.4 Å². The molecule has 0 saturated carbocycles. The number of benzene rings is 3. The largest absolute Gasteiger partial charge is 0.492 e. The molecule has 1 unspecified atom stereocenters. The summed E-state index contributed by atoms with van der Waals surface area (Å²) in [5.41, 5.74) is 0.921. The Bertz CT molecular complexity index is 1440. The molecule has 3 aromatic rings. The van der Waals surface area contributed by atoms with Gasteiger partial charge in [0.2, 0.25) is 5.91 Å². The summed E-state index contributed by atoms with van der Waals surface area (Å²) >= 11 is 5.95. The van der Waals surface area contributed by atoms with Gasteiger partial charge in [-0.25, -0.2) is 16.8 Å². The lowest BCUT2D eigenvalue weighted by Gasteiger charge is -2.27. The number of carbonyl (C=O) groups excluding carboxylic acids is 1. The molecule has 37 heavy (non-hydrogen) atoms. The average molecular weight is 565 g/mol. The Morgan fingerprint density at radius 3 is 2.08 bits per heavy atom. The number of anilines is 1. The van der Waals surface area contributed by atoms with E-state index in [2.05, 4.69) is 5.32 Å². The van der Waals surface area contributed by atoms with E-state index in [9.17, 15) is 21.6 Å². The number of sulfone groups is 1. The van der Waals surface area contributed by atoms with Crippen LogP contribution >= 0.6 is 11.6 Å². The van der Waals surface area contributed by atoms with Gasteiger partial charge in [0.1, 0.15) is 12.3 Å². The van der Waals surface area contributed by atoms with E-state index >= 15 is 0 Å². The van der Waals surface area contributed by atoms with Crippen LogP contribution in [0.15, 0.2) is 82.6 Å². The van der Waals surface area contributed by atoms with Crippen LogP contribution in [0.25, 0.3) is 0 Å². The zero-order valence-corrected chi connectivity index (χ0v) is 23.1. The van der Waals surface area contributed by atoms with Crippen molar-refractivity contribution in [1.82, 2.24) is 5.32 Å². The van der Waals surface area contributed by atoms with Gasteiger partial charge in [-0.2, -0.15) is 0 Å². The molecule has 0 spiro atoms. The van der Waals surface area contributed by atoms with Gasteiger partial charge in [0.15, 0.2) is 9.84 Å². The van der Waals surface area contributed by atoms with Crippen LogP contribution in [-0.4, -0.2) is 42.2 Å². The number of nitrogens with zero attached hydrogens (tertiary/aromatic N) is 1. The van der Waals surface area contributed by atoms with E-state index in [1.807, 2.05) is 6.92 Å². The first-order valence-corrected chi connectivity index (χ1v) is 15.3. The smallest absolute Gasteiger partial charge is 0.264 e. The zero-order valence-electron chi connectivity index (χ0n) is 20.7. The summed E-state index contributed by atoms with van der Waals surface area (Å²) in [5.74, 6) is -0.221. The zero-order chi connectivity index (χ0) is 27.2. The molecule has 3 aromatic carbocycles. The minimum atomic E-state index is -4.17. The third-order valence-corrected chi connectivity index (χ3v) is 8.73. The molecule has 0 aliphatic carbocycles. The van der Waals surface area contributed by atoms with Crippen LogP contribution in [0, 0.1) is 0 Å². The number of nitrogens with one attached hydrogen (secondary N) is 1. The molecule has 1 atom stereocenters. The number of amides is 1. The van der Waals surface area contributed by atoms with Crippen LogP contribution in [0.5, 0.6) is 5.75 Å². The number of para-hydroxylation sites is 2. The topological polar surface area (TPSA) is 110 Å². The van der Waals surface area contributed by atoms with E-state index in [4.69, 9.17) is 16.3 Å². The maximum Gasteiger partial charge on any atom is 0.264 e. The SMILES string of the molecule is CCOc1ccccc1N(CC(=O)NC(CC)c1ccc(S(C)(=O)=O)cc1)S(=O)(=O)c1ccc(Cl)cc1. The highest BCUT2D eigenvalue weighted by molar-refractivity contribution is 7.93. The number of carbonyl (C=O) groups is 1. The van der Waals surface area contributed by atoms with Crippen LogP contribution in [0.2, 0.25) is 5.02 Å². The van der Waals surface area contributed by atoms with Crippen molar-refractivity contribution < 1.29 is 26.4 Å². The maximum atomic E-state index is 13.7. The van der Waals surface area contributed by atoms with E-state index in [1.54, 1.807) is 43.3 Å². The van der Waals surface area contributed by atoms with Gasteiger partial charge >= 0.3 is 0 Å². The molecule has 3 rings (SSSR count). The second-order valence-corrected chi connectivity index (χ2v) is 12.6. The predicted molar refractivity (Wildman–Crippen MR) is 144 cm³/mol. The average Bonchev–Trinajstić information content (AvgIpc) is 2.86. The molecule has 0 saturated heterocycles. The number of hydrogen-bond acceptors (Lipinski definition) is 6. The Morgan fingerprint density at radius 2 is 1.51 bits per heavy atom. The Morgan fingerprint density at radius 1 is 0.919 bits per heavy atom. The summed E-state index contributed by atoms with van der Waals surface area (Å²) < 4.78 is 57.6. The molecule has 198 valence electrons. The highest BCUT2D eigenvalue weighted by Crippen LogP contribution is 2.33. The lowest BCUT2D eigenvalue weighted by Crippen LogP contribution is -2.42. The lowest BCUT2D eigenvalue weighted by molar-refractivity contribution is -0.120. The van der Waals surface area contributed by atoms with Crippen LogP contribution in [-0.2, 0) is 24.7 Å². The van der Waals surface area contributed by atoms with Crippen LogP contribution in [0.4, 0.5) is 5.69 Å². The Labute approximate surface area is 223 Å². The number of rotatable bonds is 11. The molecule has 0 fully saturated rings. The molecule has 8 nitrogen and oxygen atoms in total. The van der Waals surface area contributed by atoms with Crippen LogP contribution in [0.3, 0.4) is 0 Å². The number of halogens is 1. The Kier molecular flexibility index (Phi) is 9.22.